The van der Waals surface area contributed by atoms with Gasteiger partial charge in [-0.05, 0) is 42.3 Å². The van der Waals surface area contributed by atoms with Gasteiger partial charge in [-0.1, -0.05) is 24.3 Å². The molecule has 0 bridgehead atoms. The van der Waals surface area contributed by atoms with E-state index in [9.17, 15) is 18.0 Å². The highest BCUT2D eigenvalue weighted by Crippen LogP contribution is 2.41. The maximum Gasteiger partial charge on any atom is 0.409 e. The molecule has 1 N–H and O–H groups in total. The summed E-state index contributed by atoms with van der Waals surface area (Å²) in [4.78, 5) is 11.4. The molecule has 1 atom stereocenters. The third kappa shape index (κ3) is 3.71. The van der Waals surface area contributed by atoms with Crippen LogP contribution in [-0.2, 0) is 4.79 Å². The number of carbonyl (C=O) groups excluding carboxylic acids is 1. The first kappa shape index (κ1) is 17.5. The van der Waals surface area contributed by atoms with Gasteiger partial charge < -0.3 is 4.74 Å². The van der Waals surface area contributed by atoms with E-state index in [0.717, 1.165) is 5.01 Å². The Bertz CT molecular complexity index is 789. The average molecular weight is 352 g/mol. The van der Waals surface area contributed by atoms with Crippen molar-refractivity contribution in [2.24, 2.45) is 0 Å². The number of halogens is 3. The Kier molecular flexibility index (Phi) is 4.60. The van der Waals surface area contributed by atoms with Crippen molar-refractivity contribution in [3.05, 3.63) is 42.0 Å². The third-order valence-electron chi connectivity index (χ3n) is 4.02. The Morgan fingerprint density at radius 2 is 1.96 bits per heavy atom. The molecule has 3 rings (SSSR count). The monoisotopic (exact) mass is 352 g/mol. The molecule has 134 valence electrons. The Morgan fingerprint density at radius 3 is 2.56 bits per heavy atom. The summed E-state index contributed by atoms with van der Waals surface area (Å²) in [5, 5.41) is 2.12. The molecule has 1 amide bonds. The van der Waals surface area contributed by atoms with Crippen LogP contribution in [0.2, 0.25) is 0 Å². The molecule has 2 aromatic carbocycles. The number of hydrogen-bond donors (Lipinski definition) is 1. The minimum absolute atomic E-state index is 0.0218. The van der Waals surface area contributed by atoms with Gasteiger partial charge in [0, 0.05) is 13.0 Å². The SMILES string of the molecule is CC(C)Oc1ccc2c(C(N3CCC(=O)N3)C(F)(F)F)cccc2c1. The van der Waals surface area contributed by atoms with Gasteiger partial charge in [0.1, 0.15) is 5.75 Å². The van der Waals surface area contributed by atoms with Gasteiger partial charge in [0.15, 0.2) is 6.04 Å². The van der Waals surface area contributed by atoms with Crippen molar-refractivity contribution >= 4 is 16.7 Å². The minimum atomic E-state index is -4.51. The van der Waals surface area contributed by atoms with Crippen LogP contribution in [0.5, 0.6) is 5.75 Å². The summed E-state index contributed by atoms with van der Waals surface area (Å²) in [5.41, 5.74) is 2.43. The third-order valence-corrected chi connectivity index (χ3v) is 4.02. The van der Waals surface area contributed by atoms with Crippen molar-refractivity contribution in [3.8, 4) is 5.75 Å². The Labute approximate surface area is 143 Å². The molecule has 1 fully saturated rings. The second-order valence-corrected chi connectivity index (χ2v) is 6.32. The van der Waals surface area contributed by atoms with Gasteiger partial charge in [-0.2, -0.15) is 13.2 Å². The van der Waals surface area contributed by atoms with E-state index in [1.807, 2.05) is 13.8 Å². The molecule has 1 heterocycles. The predicted molar refractivity (Wildman–Crippen MR) is 88.0 cm³/mol. The van der Waals surface area contributed by atoms with Gasteiger partial charge in [0.05, 0.1) is 6.10 Å². The van der Waals surface area contributed by atoms with E-state index in [-0.39, 0.29) is 24.6 Å². The van der Waals surface area contributed by atoms with Crippen LogP contribution in [-0.4, -0.2) is 29.7 Å². The van der Waals surface area contributed by atoms with Crippen LogP contribution < -0.4 is 10.2 Å². The first-order valence-electron chi connectivity index (χ1n) is 8.08. The summed E-state index contributed by atoms with van der Waals surface area (Å²) in [6, 6.07) is 7.94. The second kappa shape index (κ2) is 6.55. The molecule has 1 aliphatic rings. The highest BCUT2D eigenvalue weighted by Gasteiger charge is 2.47. The molecular weight excluding hydrogens is 333 g/mol. The number of nitrogens with zero attached hydrogens (tertiary/aromatic N) is 1. The molecule has 1 saturated heterocycles. The zero-order valence-corrected chi connectivity index (χ0v) is 13.9. The van der Waals surface area contributed by atoms with Gasteiger partial charge in [-0.15, -0.1) is 0 Å². The highest BCUT2D eigenvalue weighted by molar-refractivity contribution is 5.87. The summed E-state index contributed by atoms with van der Waals surface area (Å²) in [6.45, 7) is 3.79. The molecule has 0 aliphatic carbocycles. The van der Waals surface area contributed by atoms with E-state index in [0.29, 0.717) is 16.5 Å². The number of hydrazine groups is 1. The smallest absolute Gasteiger partial charge is 0.409 e. The molecule has 1 aliphatic heterocycles. The first-order valence-corrected chi connectivity index (χ1v) is 8.08. The summed E-state index contributed by atoms with van der Waals surface area (Å²) >= 11 is 0. The fourth-order valence-corrected chi connectivity index (χ4v) is 3.08. The average Bonchev–Trinajstić information content (AvgIpc) is 2.91. The van der Waals surface area contributed by atoms with E-state index in [2.05, 4.69) is 5.43 Å². The number of alkyl halides is 3. The van der Waals surface area contributed by atoms with Gasteiger partial charge in [-0.3, -0.25) is 10.2 Å². The normalized spacial score (nSPS) is 17.1. The molecular formula is C18H19F3N2O2. The zero-order chi connectivity index (χ0) is 18.2. The predicted octanol–water partition coefficient (Wildman–Crippen LogP) is 3.97. The molecule has 2 aromatic rings. The Hall–Kier alpha value is -2.28. The van der Waals surface area contributed by atoms with Gasteiger partial charge >= 0.3 is 6.18 Å². The molecule has 0 saturated carbocycles. The van der Waals surface area contributed by atoms with E-state index in [4.69, 9.17) is 4.74 Å². The Balaban J connectivity index is 2.07. The number of rotatable bonds is 4. The molecule has 1 unspecified atom stereocenters. The molecule has 0 spiro atoms. The number of hydrogen-bond acceptors (Lipinski definition) is 3. The lowest BCUT2D eigenvalue weighted by atomic mass is 9.97. The van der Waals surface area contributed by atoms with Crippen molar-refractivity contribution in [2.75, 3.05) is 6.54 Å². The number of carbonyl (C=O) groups is 1. The maximum atomic E-state index is 13.7. The minimum Gasteiger partial charge on any atom is -0.491 e. The van der Waals surface area contributed by atoms with E-state index >= 15 is 0 Å². The van der Waals surface area contributed by atoms with Crippen LogP contribution in [0.15, 0.2) is 36.4 Å². The van der Waals surface area contributed by atoms with Crippen molar-refractivity contribution in [2.45, 2.75) is 38.6 Å². The Morgan fingerprint density at radius 1 is 1.20 bits per heavy atom. The van der Waals surface area contributed by atoms with Crippen LogP contribution in [0.25, 0.3) is 10.8 Å². The molecule has 0 radical (unpaired) electrons. The number of nitrogens with one attached hydrogen (secondary N) is 1. The van der Waals surface area contributed by atoms with Crippen LogP contribution >= 0.6 is 0 Å². The topological polar surface area (TPSA) is 41.6 Å². The fourth-order valence-electron chi connectivity index (χ4n) is 3.08. The van der Waals surface area contributed by atoms with Crippen molar-refractivity contribution < 1.29 is 22.7 Å². The molecule has 4 nitrogen and oxygen atoms in total. The molecule has 0 aromatic heterocycles. The standard InChI is InChI=1S/C18H19F3N2O2/c1-11(2)25-13-6-7-14-12(10-13)4-3-5-15(14)17(18(19,20)21)23-9-8-16(24)22-23/h3-7,10-11,17H,8-9H2,1-2H3,(H,22,24). The lowest BCUT2D eigenvalue weighted by Crippen LogP contribution is -2.43. The van der Waals surface area contributed by atoms with Crippen LogP contribution in [0.1, 0.15) is 31.9 Å². The first-order chi connectivity index (χ1) is 11.8. The summed E-state index contributed by atoms with van der Waals surface area (Å²) in [6.07, 6.45) is -4.48. The quantitative estimate of drug-likeness (QED) is 0.905. The van der Waals surface area contributed by atoms with Gasteiger partial charge in [0.25, 0.3) is 0 Å². The summed E-state index contributed by atoms with van der Waals surface area (Å²) < 4.78 is 46.9. The van der Waals surface area contributed by atoms with Crippen LogP contribution in [0.4, 0.5) is 13.2 Å². The maximum absolute atomic E-state index is 13.7. The summed E-state index contributed by atoms with van der Waals surface area (Å²) in [5.74, 6) is 0.208. The second-order valence-electron chi connectivity index (χ2n) is 6.32. The van der Waals surface area contributed by atoms with Crippen LogP contribution in [0.3, 0.4) is 0 Å². The number of ether oxygens (including phenoxy) is 1. The van der Waals surface area contributed by atoms with Crippen LogP contribution in [0, 0.1) is 0 Å². The van der Waals surface area contributed by atoms with E-state index < -0.39 is 18.1 Å². The lowest BCUT2D eigenvalue weighted by Gasteiger charge is -2.30. The lowest BCUT2D eigenvalue weighted by molar-refractivity contribution is -0.190. The van der Waals surface area contributed by atoms with Crippen molar-refractivity contribution in [1.29, 1.82) is 0 Å². The molecule has 7 heteroatoms. The van der Waals surface area contributed by atoms with E-state index in [1.54, 1.807) is 30.3 Å². The number of amides is 1. The van der Waals surface area contributed by atoms with Gasteiger partial charge in [-0.25, -0.2) is 5.01 Å². The fraction of sp³-hybridized carbons (Fsp3) is 0.389. The van der Waals surface area contributed by atoms with Gasteiger partial charge in [0.2, 0.25) is 5.91 Å². The van der Waals surface area contributed by atoms with Crippen molar-refractivity contribution in [3.63, 3.8) is 0 Å². The zero-order valence-electron chi connectivity index (χ0n) is 13.9. The molecule has 25 heavy (non-hydrogen) atoms. The van der Waals surface area contributed by atoms with Crippen molar-refractivity contribution in [1.82, 2.24) is 10.4 Å². The van der Waals surface area contributed by atoms with E-state index in [1.165, 1.54) is 6.07 Å². The summed E-state index contributed by atoms with van der Waals surface area (Å²) in [7, 11) is 0. The highest BCUT2D eigenvalue weighted by atomic mass is 19.4. The largest absolute Gasteiger partial charge is 0.491 e. The number of fused-ring (bicyclic) bond motifs is 1. The number of benzene rings is 2.